The molecular formula is C16H23ClN2O2. The minimum absolute atomic E-state index is 0. The topological polar surface area (TPSA) is 41.6 Å². The number of morpholine rings is 1. The van der Waals surface area contributed by atoms with Crippen LogP contribution in [0.2, 0.25) is 0 Å². The minimum atomic E-state index is -0.314. The Morgan fingerprint density at radius 3 is 2.81 bits per heavy atom. The number of carbonyl (C=O) groups excluding carboxylic acids is 1. The van der Waals surface area contributed by atoms with Crippen LogP contribution in [0.5, 0.6) is 0 Å². The Bertz CT molecular complexity index is 489. The molecule has 1 aromatic rings. The van der Waals surface area contributed by atoms with E-state index in [0.29, 0.717) is 19.2 Å². The number of carbonyl (C=O) groups is 1. The number of aryl methyl sites for hydroxylation is 1. The number of amides is 1. The number of halogens is 1. The summed E-state index contributed by atoms with van der Waals surface area (Å²) in [7, 11) is 1.92. The summed E-state index contributed by atoms with van der Waals surface area (Å²) in [5, 5.41) is 3.22. The first-order chi connectivity index (χ1) is 9.75. The maximum absolute atomic E-state index is 12.5. The van der Waals surface area contributed by atoms with Crippen LogP contribution in [0.3, 0.4) is 0 Å². The minimum Gasteiger partial charge on any atom is -0.366 e. The first-order valence-corrected chi connectivity index (χ1v) is 7.41. The second-order valence-corrected chi connectivity index (χ2v) is 5.68. The van der Waals surface area contributed by atoms with E-state index in [0.717, 1.165) is 25.8 Å². The molecule has 21 heavy (non-hydrogen) atoms. The van der Waals surface area contributed by atoms with Crippen LogP contribution in [0.15, 0.2) is 24.3 Å². The summed E-state index contributed by atoms with van der Waals surface area (Å²) < 4.78 is 5.57. The average Bonchev–Trinajstić information content (AvgIpc) is 2.54. The number of benzene rings is 1. The third kappa shape index (κ3) is 3.57. The van der Waals surface area contributed by atoms with Gasteiger partial charge in [-0.2, -0.15) is 0 Å². The van der Waals surface area contributed by atoms with E-state index < -0.39 is 0 Å². The molecule has 0 spiro atoms. The van der Waals surface area contributed by atoms with Crippen LogP contribution in [0.25, 0.3) is 0 Å². The second-order valence-electron chi connectivity index (χ2n) is 5.68. The van der Waals surface area contributed by atoms with Gasteiger partial charge in [0.05, 0.1) is 6.61 Å². The van der Waals surface area contributed by atoms with Crippen molar-refractivity contribution < 1.29 is 9.53 Å². The van der Waals surface area contributed by atoms with Gasteiger partial charge in [-0.05, 0) is 30.4 Å². The molecule has 1 N–H and O–H groups in total. The van der Waals surface area contributed by atoms with Crippen LogP contribution in [0, 0.1) is 0 Å². The molecule has 116 valence electrons. The van der Waals surface area contributed by atoms with E-state index in [1.54, 1.807) is 0 Å². The van der Waals surface area contributed by atoms with Gasteiger partial charge in [-0.25, -0.2) is 0 Å². The second kappa shape index (κ2) is 7.25. The fraction of sp³-hybridized carbons (Fsp3) is 0.562. The van der Waals surface area contributed by atoms with Crippen molar-refractivity contribution in [3.05, 3.63) is 35.4 Å². The summed E-state index contributed by atoms with van der Waals surface area (Å²) in [5.41, 5.74) is 2.81. The standard InChI is InChI=1S/C16H22N2O2.ClH/c1-18(16(19)15-11-17-8-9-20-15)14-7-6-12-4-2-3-5-13(12)10-14;/h2-5,14-15,17H,6-11H2,1H3;1H. The lowest BCUT2D eigenvalue weighted by molar-refractivity contribution is -0.146. The maximum atomic E-state index is 12.5. The third-order valence-corrected chi connectivity index (χ3v) is 4.42. The molecule has 2 aliphatic rings. The van der Waals surface area contributed by atoms with Gasteiger partial charge in [0.2, 0.25) is 0 Å². The lowest BCUT2D eigenvalue weighted by Crippen LogP contribution is -2.51. The zero-order valence-electron chi connectivity index (χ0n) is 12.4. The van der Waals surface area contributed by atoms with Crippen LogP contribution in [-0.4, -0.2) is 49.7 Å². The van der Waals surface area contributed by atoms with Crippen molar-refractivity contribution in [1.82, 2.24) is 10.2 Å². The molecule has 1 aromatic carbocycles. The fourth-order valence-electron chi connectivity index (χ4n) is 3.14. The Balaban J connectivity index is 0.00000161. The number of hydrogen-bond acceptors (Lipinski definition) is 3. The normalized spacial score (nSPS) is 24.6. The van der Waals surface area contributed by atoms with Gasteiger partial charge in [-0.1, -0.05) is 24.3 Å². The molecule has 4 nitrogen and oxygen atoms in total. The third-order valence-electron chi connectivity index (χ3n) is 4.42. The van der Waals surface area contributed by atoms with Crippen LogP contribution >= 0.6 is 12.4 Å². The highest BCUT2D eigenvalue weighted by molar-refractivity contribution is 5.85. The molecule has 0 saturated carbocycles. The molecule has 1 saturated heterocycles. The molecule has 3 rings (SSSR count). The van der Waals surface area contributed by atoms with Gasteiger partial charge < -0.3 is 15.0 Å². The molecule has 1 aliphatic heterocycles. The van der Waals surface area contributed by atoms with E-state index in [9.17, 15) is 4.79 Å². The van der Waals surface area contributed by atoms with Gasteiger partial charge in [0.25, 0.3) is 5.91 Å². The van der Waals surface area contributed by atoms with E-state index in [2.05, 4.69) is 29.6 Å². The lowest BCUT2D eigenvalue weighted by Gasteiger charge is -2.35. The largest absolute Gasteiger partial charge is 0.366 e. The van der Waals surface area contributed by atoms with Gasteiger partial charge in [0, 0.05) is 26.2 Å². The highest BCUT2D eigenvalue weighted by Crippen LogP contribution is 2.24. The van der Waals surface area contributed by atoms with E-state index >= 15 is 0 Å². The van der Waals surface area contributed by atoms with Crippen LogP contribution < -0.4 is 5.32 Å². The van der Waals surface area contributed by atoms with Crippen molar-refractivity contribution in [3.8, 4) is 0 Å². The van der Waals surface area contributed by atoms with Gasteiger partial charge in [-0.15, -0.1) is 12.4 Å². The number of hydrogen-bond donors (Lipinski definition) is 1. The van der Waals surface area contributed by atoms with Crippen molar-refractivity contribution >= 4 is 18.3 Å². The Labute approximate surface area is 132 Å². The number of nitrogens with zero attached hydrogens (tertiary/aromatic N) is 1. The Hall–Kier alpha value is -1.10. The molecule has 2 atom stereocenters. The molecule has 1 heterocycles. The van der Waals surface area contributed by atoms with Crippen molar-refractivity contribution in [2.45, 2.75) is 31.4 Å². The molecular weight excluding hydrogens is 288 g/mol. The van der Waals surface area contributed by atoms with Crippen molar-refractivity contribution in [2.75, 3.05) is 26.7 Å². The number of rotatable bonds is 2. The van der Waals surface area contributed by atoms with E-state index in [-0.39, 0.29) is 24.4 Å². The molecule has 5 heteroatoms. The molecule has 1 aliphatic carbocycles. The maximum Gasteiger partial charge on any atom is 0.253 e. The average molecular weight is 311 g/mol. The van der Waals surface area contributed by atoms with Crippen LogP contribution in [0.1, 0.15) is 17.5 Å². The van der Waals surface area contributed by atoms with E-state index in [1.807, 2.05) is 11.9 Å². The number of ether oxygens (including phenoxy) is 1. The Morgan fingerprint density at radius 2 is 2.10 bits per heavy atom. The molecule has 0 radical (unpaired) electrons. The van der Waals surface area contributed by atoms with E-state index in [4.69, 9.17) is 4.74 Å². The molecule has 2 unspecified atom stereocenters. The van der Waals surface area contributed by atoms with Gasteiger partial charge in [0.15, 0.2) is 0 Å². The summed E-state index contributed by atoms with van der Waals surface area (Å²) in [6, 6.07) is 8.84. The first kappa shape index (κ1) is 16.3. The first-order valence-electron chi connectivity index (χ1n) is 7.41. The number of fused-ring (bicyclic) bond motifs is 1. The summed E-state index contributed by atoms with van der Waals surface area (Å²) in [5.74, 6) is 0.113. The Morgan fingerprint density at radius 1 is 1.33 bits per heavy atom. The predicted octanol–water partition coefficient (Wildman–Crippen LogP) is 1.41. The zero-order valence-corrected chi connectivity index (χ0v) is 13.2. The van der Waals surface area contributed by atoms with Crippen LogP contribution in [-0.2, 0) is 22.4 Å². The summed E-state index contributed by atoms with van der Waals surface area (Å²) in [4.78, 5) is 14.4. The monoisotopic (exact) mass is 310 g/mol. The summed E-state index contributed by atoms with van der Waals surface area (Å²) in [6.45, 7) is 2.09. The number of nitrogens with one attached hydrogen (secondary N) is 1. The van der Waals surface area contributed by atoms with Crippen molar-refractivity contribution in [3.63, 3.8) is 0 Å². The van der Waals surface area contributed by atoms with Crippen molar-refractivity contribution in [1.29, 1.82) is 0 Å². The smallest absolute Gasteiger partial charge is 0.253 e. The zero-order chi connectivity index (χ0) is 13.9. The van der Waals surface area contributed by atoms with Gasteiger partial charge in [0.1, 0.15) is 6.10 Å². The lowest BCUT2D eigenvalue weighted by atomic mass is 9.87. The summed E-state index contributed by atoms with van der Waals surface area (Å²) >= 11 is 0. The van der Waals surface area contributed by atoms with E-state index in [1.165, 1.54) is 11.1 Å². The predicted molar refractivity (Wildman–Crippen MR) is 84.9 cm³/mol. The fourth-order valence-corrected chi connectivity index (χ4v) is 3.14. The van der Waals surface area contributed by atoms with Gasteiger partial charge in [-0.3, -0.25) is 4.79 Å². The highest BCUT2D eigenvalue weighted by atomic mass is 35.5. The Kier molecular flexibility index (Phi) is 5.62. The SMILES string of the molecule is CN(C(=O)C1CNCCO1)C1CCc2ccccc2C1.Cl. The van der Waals surface area contributed by atoms with Crippen LogP contribution in [0.4, 0.5) is 0 Å². The summed E-state index contributed by atoms with van der Waals surface area (Å²) in [6.07, 6.45) is 2.74. The molecule has 1 fully saturated rings. The molecule has 0 bridgehead atoms. The van der Waals surface area contributed by atoms with Gasteiger partial charge >= 0.3 is 0 Å². The highest BCUT2D eigenvalue weighted by Gasteiger charge is 2.30. The molecule has 0 aromatic heterocycles. The number of likely N-dealkylation sites (N-methyl/N-ethyl adjacent to an activating group) is 1. The quantitative estimate of drug-likeness (QED) is 0.898. The van der Waals surface area contributed by atoms with Crippen molar-refractivity contribution in [2.24, 2.45) is 0 Å². The molecule has 1 amide bonds.